The van der Waals surface area contributed by atoms with Crippen LogP contribution in [0.2, 0.25) is 0 Å². The third kappa shape index (κ3) is 7.74. The smallest absolute Gasteiger partial charge is 0.166 e. The van der Waals surface area contributed by atoms with Crippen LogP contribution in [-0.4, -0.2) is 0 Å². The van der Waals surface area contributed by atoms with E-state index in [2.05, 4.69) is 24.8 Å². The Balaban J connectivity index is 1.37. The van der Waals surface area contributed by atoms with E-state index in [1.165, 1.54) is 89.2 Å². The molecule has 0 N–H and O–H groups in total. The molecule has 0 bridgehead atoms. The van der Waals surface area contributed by atoms with Crippen molar-refractivity contribution in [3.63, 3.8) is 0 Å². The van der Waals surface area contributed by atoms with Gasteiger partial charge in [0, 0.05) is 5.56 Å². The van der Waals surface area contributed by atoms with Gasteiger partial charge in [-0.1, -0.05) is 63.4 Å². The summed E-state index contributed by atoms with van der Waals surface area (Å²) >= 11 is 0. The van der Waals surface area contributed by atoms with Crippen molar-refractivity contribution in [1.29, 1.82) is 0 Å². The van der Waals surface area contributed by atoms with Gasteiger partial charge in [0.05, 0.1) is 5.56 Å². The van der Waals surface area contributed by atoms with Gasteiger partial charge >= 0.3 is 6.18 Å². The number of unbranched alkanes of at least 4 members (excludes halogenated alkanes) is 2. The molecule has 0 unspecified atom stereocenters. The maximum Gasteiger partial charge on any atom is 0.416 e. The molecular weight excluding hydrogens is 393 g/mol. The largest absolute Gasteiger partial charge is 0.416 e. The molecule has 2 fully saturated rings. The van der Waals surface area contributed by atoms with Crippen LogP contribution in [0, 0.1) is 35.5 Å². The first-order valence-corrected chi connectivity index (χ1v) is 12.3. The van der Waals surface area contributed by atoms with Crippen LogP contribution in [0.5, 0.6) is 0 Å². The Labute approximate surface area is 186 Å². The van der Waals surface area contributed by atoms with Crippen molar-refractivity contribution in [1.82, 2.24) is 0 Å². The van der Waals surface area contributed by atoms with Crippen molar-refractivity contribution in [2.45, 2.75) is 90.1 Å². The highest BCUT2D eigenvalue weighted by atomic mass is 19.4. The van der Waals surface area contributed by atoms with E-state index in [4.69, 9.17) is 0 Å². The Morgan fingerprint density at radius 1 is 0.871 bits per heavy atom. The molecule has 0 atom stereocenters. The van der Waals surface area contributed by atoms with Crippen LogP contribution in [0.4, 0.5) is 13.2 Å². The maximum absolute atomic E-state index is 12.6. The Morgan fingerprint density at radius 3 is 2.06 bits per heavy atom. The molecule has 170 valence electrons. The standard InChI is InChI=1S/C28H37F3/c1-2-3-4-7-22-10-16-25(17-11-22)26-18-12-23(13-19-26)8-5-6-9-24-14-20-27(21-15-24)28(29,30)31/h5,8,14-15,20-23,25-26H,2-4,7,10-13,16-19H2,1H3. The topological polar surface area (TPSA) is 0 Å². The molecule has 2 aliphatic rings. The van der Waals surface area contributed by atoms with Gasteiger partial charge in [-0.2, -0.15) is 13.2 Å². The van der Waals surface area contributed by atoms with Gasteiger partial charge in [0.1, 0.15) is 0 Å². The first-order valence-electron chi connectivity index (χ1n) is 12.3. The van der Waals surface area contributed by atoms with Gasteiger partial charge in [-0.25, -0.2) is 0 Å². The average Bonchev–Trinajstić information content (AvgIpc) is 2.78. The molecule has 0 aromatic heterocycles. The van der Waals surface area contributed by atoms with Crippen molar-refractivity contribution in [2.75, 3.05) is 0 Å². The number of hydrogen-bond donors (Lipinski definition) is 0. The van der Waals surface area contributed by atoms with Crippen molar-refractivity contribution in [3.05, 3.63) is 47.5 Å². The van der Waals surface area contributed by atoms with Crippen molar-refractivity contribution in [2.24, 2.45) is 23.7 Å². The van der Waals surface area contributed by atoms with Gasteiger partial charge in [-0.05, 0) is 92.5 Å². The number of allylic oxidation sites excluding steroid dienone is 2. The molecule has 2 saturated carbocycles. The summed E-state index contributed by atoms with van der Waals surface area (Å²) in [4.78, 5) is 0. The van der Waals surface area contributed by atoms with Crippen LogP contribution in [-0.2, 0) is 6.18 Å². The zero-order valence-corrected chi connectivity index (χ0v) is 18.9. The highest BCUT2D eigenvalue weighted by Gasteiger charge is 2.30. The number of halogens is 3. The van der Waals surface area contributed by atoms with Gasteiger partial charge in [0.2, 0.25) is 0 Å². The number of benzene rings is 1. The van der Waals surface area contributed by atoms with E-state index in [0.717, 1.165) is 29.9 Å². The minimum atomic E-state index is -4.29. The molecule has 31 heavy (non-hydrogen) atoms. The van der Waals surface area contributed by atoms with Crippen molar-refractivity contribution >= 4 is 0 Å². The van der Waals surface area contributed by atoms with E-state index in [0.29, 0.717) is 11.5 Å². The predicted octanol–water partition coefficient (Wildman–Crippen LogP) is 8.81. The fourth-order valence-electron chi connectivity index (χ4n) is 5.49. The second-order valence-electron chi connectivity index (χ2n) is 9.66. The minimum absolute atomic E-state index is 0.600. The lowest BCUT2D eigenvalue weighted by molar-refractivity contribution is -0.137. The quantitative estimate of drug-likeness (QED) is 0.312. The zero-order chi connectivity index (χ0) is 22.1. The van der Waals surface area contributed by atoms with Crippen LogP contribution in [0.3, 0.4) is 0 Å². The van der Waals surface area contributed by atoms with Gasteiger partial charge in [0.25, 0.3) is 0 Å². The SMILES string of the molecule is CCCCCC1CCC(C2CCC(C=CC#Cc3ccc(C(F)(F)F)cc3)CC2)CC1. The fourth-order valence-corrected chi connectivity index (χ4v) is 5.49. The first kappa shape index (κ1) is 24.0. The van der Waals surface area contributed by atoms with Gasteiger partial charge in [-0.3, -0.25) is 0 Å². The minimum Gasteiger partial charge on any atom is -0.166 e. The molecule has 0 amide bonds. The Kier molecular flexibility index (Phi) is 9.12. The molecule has 0 saturated heterocycles. The summed E-state index contributed by atoms with van der Waals surface area (Å²) in [5.41, 5.74) is -0.0120. The highest BCUT2D eigenvalue weighted by Crippen LogP contribution is 2.42. The highest BCUT2D eigenvalue weighted by molar-refractivity contribution is 5.39. The zero-order valence-electron chi connectivity index (χ0n) is 18.9. The lowest BCUT2D eigenvalue weighted by Crippen LogP contribution is -2.25. The molecule has 0 aliphatic heterocycles. The van der Waals surface area contributed by atoms with Crippen LogP contribution < -0.4 is 0 Å². The molecule has 1 aromatic rings. The third-order valence-electron chi connectivity index (χ3n) is 7.47. The van der Waals surface area contributed by atoms with E-state index in [1.54, 1.807) is 0 Å². The normalized spacial score (nSPS) is 27.1. The maximum atomic E-state index is 12.6. The average molecular weight is 431 g/mol. The molecule has 3 heteroatoms. The van der Waals surface area contributed by atoms with Crippen LogP contribution >= 0.6 is 0 Å². The molecule has 2 aliphatic carbocycles. The summed E-state index contributed by atoms with van der Waals surface area (Å²) in [6.45, 7) is 2.29. The lowest BCUT2D eigenvalue weighted by atomic mass is 9.68. The Morgan fingerprint density at radius 2 is 1.48 bits per heavy atom. The molecule has 0 spiro atoms. The van der Waals surface area contributed by atoms with Crippen LogP contribution in [0.1, 0.15) is 95.1 Å². The van der Waals surface area contributed by atoms with Crippen LogP contribution in [0.25, 0.3) is 0 Å². The van der Waals surface area contributed by atoms with E-state index >= 15 is 0 Å². The molecule has 0 nitrogen and oxygen atoms in total. The number of alkyl halides is 3. The Bertz CT molecular complexity index is 731. The van der Waals surface area contributed by atoms with E-state index in [1.807, 2.05) is 6.08 Å². The molecule has 0 heterocycles. The number of hydrogen-bond acceptors (Lipinski definition) is 0. The second-order valence-corrected chi connectivity index (χ2v) is 9.66. The lowest BCUT2D eigenvalue weighted by Gasteiger charge is -2.37. The van der Waals surface area contributed by atoms with Gasteiger partial charge in [-0.15, -0.1) is 0 Å². The second kappa shape index (κ2) is 11.8. The monoisotopic (exact) mass is 430 g/mol. The Hall–Kier alpha value is -1.69. The summed E-state index contributed by atoms with van der Waals surface area (Å²) in [7, 11) is 0. The first-order chi connectivity index (χ1) is 15.0. The fraction of sp³-hybridized carbons (Fsp3) is 0.643. The molecule has 1 aromatic carbocycles. The summed E-state index contributed by atoms with van der Waals surface area (Å²) in [6.07, 6.45) is 16.4. The summed E-state index contributed by atoms with van der Waals surface area (Å²) in [6, 6.07) is 5.06. The summed E-state index contributed by atoms with van der Waals surface area (Å²) in [5.74, 6) is 9.40. The molecular formula is C28H37F3. The molecule has 0 radical (unpaired) electrons. The van der Waals surface area contributed by atoms with Crippen molar-refractivity contribution in [3.8, 4) is 11.8 Å². The molecule has 3 rings (SSSR count). The van der Waals surface area contributed by atoms with E-state index in [-0.39, 0.29) is 0 Å². The third-order valence-corrected chi connectivity index (χ3v) is 7.47. The van der Waals surface area contributed by atoms with E-state index < -0.39 is 11.7 Å². The van der Waals surface area contributed by atoms with Crippen molar-refractivity contribution < 1.29 is 13.2 Å². The van der Waals surface area contributed by atoms with Gasteiger partial charge in [0.15, 0.2) is 0 Å². The van der Waals surface area contributed by atoms with Gasteiger partial charge < -0.3 is 0 Å². The van der Waals surface area contributed by atoms with Crippen LogP contribution in [0.15, 0.2) is 36.4 Å². The summed E-state index contributed by atoms with van der Waals surface area (Å²) in [5, 5.41) is 0. The number of rotatable bonds is 6. The van der Waals surface area contributed by atoms with E-state index in [9.17, 15) is 13.2 Å². The predicted molar refractivity (Wildman–Crippen MR) is 123 cm³/mol. The summed E-state index contributed by atoms with van der Waals surface area (Å²) < 4.78 is 37.8.